The molecule has 3 heteroatoms. The minimum absolute atomic E-state index is 0. The highest BCUT2D eigenvalue weighted by molar-refractivity contribution is 6.32. The van der Waals surface area contributed by atoms with Crippen LogP contribution in [0.5, 0.6) is 0 Å². The van der Waals surface area contributed by atoms with Gasteiger partial charge in [-0.25, -0.2) is 0 Å². The van der Waals surface area contributed by atoms with Crippen molar-refractivity contribution in [2.45, 2.75) is 0 Å². The summed E-state index contributed by atoms with van der Waals surface area (Å²) in [4.78, 5) is 0. The van der Waals surface area contributed by atoms with Gasteiger partial charge in [-0.1, -0.05) is 17.6 Å². The predicted octanol–water partition coefficient (Wildman–Crippen LogP) is 0.484. The average Bonchev–Trinajstić information content (AvgIpc) is 1.77. The number of rotatable bonds is 0. The normalized spacial score (nSPS) is 8.00. The molecule has 0 aromatic heterocycles. The molecular formula is C6H7BClN. The highest BCUT2D eigenvalue weighted by Gasteiger charge is 1.80. The summed E-state index contributed by atoms with van der Waals surface area (Å²) >= 11 is 0. The van der Waals surface area contributed by atoms with E-state index in [1.165, 1.54) is 0 Å². The van der Waals surface area contributed by atoms with Gasteiger partial charge in [0.25, 0.3) is 0 Å². The van der Waals surface area contributed by atoms with Crippen molar-refractivity contribution < 1.29 is 0 Å². The van der Waals surface area contributed by atoms with Crippen LogP contribution in [0.3, 0.4) is 0 Å². The van der Waals surface area contributed by atoms with Crippen molar-refractivity contribution >= 4 is 31.4 Å². The van der Waals surface area contributed by atoms with Crippen LogP contribution >= 0.6 is 12.4 Å². The van der Waals surface area contributed by atoms with E-state index in [0.29, 0.717) is 0 Å². The second-order valence-corrected chi connectivity index (χ2v) is 1.67. The molecule has 0 amide bonds. The van der Waals surface area contributed by atoms with Gasteiger partial charge < -0.3 is 5.73 Å². The van der Waals surface area contributed by atoms with Gasteiger partial charge in [0.05, 0.1) is 0 Å². The van der Waals surface area contributed by atoms with Crippen molar-refractivity contribution in [3.8, 4) is 0 Å². The fraction of sp³-hybridized carbons (Fsp3) is 0. The molecular weight excluding hydrogens is 132 g/mol. The molecule has 0 heterocycles. The van der Waals surface area contributed by atoms with Gasteiger partial charge in [0.15, 0.2) is 0 Å². The Kier molecular flexibility index (Phi) is 3.17. The molecule has 0 bridgehead atoms. The lowest BCUT2D eigenvalue weighted by molar-refractivity contribution is 1.73. The van der Waals surface area contributed by atoms with E-state index in [4.69, 9.17) is 13.6 Å². The van der Waals surface area contributed by atoms with E-state index in [0.717, 1.165) is 11.2 Å². The second-order valence-electron chi connectivity index (χ2n) is 1.67. The third-order valence-corrected chi connectivity index (χ3v) is 0.936. The standard InChI is InChI=1S/C6H6BN.ClH/c7-5-1-3-6(8)4-2-5;/h1-4H,8H2;1H. The average molecular weight is 139 g/mol. The van der Waals surface area contributed by atoms with Crippen LogP contribution in [-0.2, 0) is 0 Å². The zero-order valence-corrected chi connectivity index (χ0v) is 5.69. The molecule has 0 aliphatic rings. The number of benzene rings is 1. The molecule has 0 aliphatic heterocycles. The number of nitrogen functional groups attached to an aromatic ring is 1. The number of halogens is 1. The van der Waals surface area contributed by atoms with Gasteiger partial charge in [0, 0.05) is 5.69 Å². The highest BCUT2D eigenvalue weighted by atomic mass is 35.5. The molecule has 0 atom stereocenters. The molecule has 1 nitrogen and oxygen atoms in total. The number of hydrogen-bond acceptors (Lipinski definition) is 1. The van der Waals surface area contributed by atoms with Gasteiger partial charge in [0.2, 0.25) is 0 Å². The van der Waals surface area contributed by atoms with Crippen molar-refractivity contribution in [3.05, 3.63) is 24.3 Å². The Labute approximate surface area is 62.1 Å². The molecule has 2 radical (unpaired) electrons. The number of anilines is 1. The van der Waals surface area contributed by atoms with Crippen LogP contribution in [0.4, 0.5) is 5.69 Å². The van der Waals surface area contributed by atoms with Gasteiger partial charge in [0.1, 0.15) is 7.85 Å². The smallest absolute Gasteiger partial charge is 0.113 e. The van der Waals surface area contributed by atoms with E-state index in [9.17, 15) is 0 Å². The monoisotopic (exact) mass is 139 g/mol. The highest BCUT2D eigenvalue weighted by Crippen LogP contribution is 1.93. The van der Waals surface area contributed by atoms with Crippen LogP contribution in [0.15, 0.2) is 24.3 Å². The van der Waals surface area contributed by atoms with Gasteiger partial charge >= 0.3 is 0 Å². The van der Waals surface area contributed by atoms with Gasteiger partial charge in [-0.3, -0.25) is 0 Å². The molecule has 0 spiro atoms. The van der Waals surface area contributed by atoms with Crippen molar-refractivity contribution in [2.75, 3.05) is 5.73 Å². The van der Waals surface area contributed by atoms with Crippen LogP contribution < -0.4 is 11.2 Å². The summed E-state index contributed by atoms with van der Waals surface area (Å²) < 4.78 is 0. The van der Waals surface area contributed by atoms with Crippen molar-refractivity contribution in [2.24, 2.45) is 0 Å². The van der Waals surface area contributed by atoms with E-state index in [2.05, 4.69) is 0 Å². The Morgan fingerprint density at radius 2 is 1.56 bits per heavy atom. The Balaban J connectivity index is 0.000000640. The third-order valence-electron chi connectivity index (χ3n) is 0.936. The summed E-state index contributed by atoms with van der Waals surface area (Å²) in [7, 11) is 5.37. The quantitative estimate of drug-likeness (QED) is 0.411. The van der Waals surface area contributed by atoms with E-state index in [1.54, 1.807) is 24.3 Å². The first-order chi connectivity index (χ1) is 3.79. The minimum atomic E-state index is 0. The lowest BCUT2D eigenvalue weighted by atomic mass is 9.96. The van der Waals surface area contributed by atoms with Crippen LogP contribution in [0.2, 0.25) is 0 Å². The van der Waals surface area contributed by atoms with Crippen molar-refractivity contribution in [1.29, 1.82) is 0 Å². The summed E-state index contributed by atoms with van der Waals surface area (Å²) in [5.41, 5.74) is 6.87. The molecule has 1 rings (SSSR count). The van der Waals surface area contributed by atoms with Gasteiger partial charge in [-0.15, -0.1) is 12.4 Å². The zero-order valence-electron chi connectivity index (χ0n) is 4.87. The SMILES string of the molecule is Cl.[B]c1ccc(N)cc1. The van der Waals surface area contributed by atoms with Crippen LogP contribution in [0, 0.1) is 0 Å². The predicted molar refractivity (Wildman–Crippen MR) is 43.5 cm³/mol. The fourth-order valence-corrected chi connectivity index (χ4v) is 0.496. The Morgan fingerprint density at radius 1 is 1.11 bits per heavy atom. The van der Waals surface area contributed by atoms with Crippen molar-refractivity contribution in [3.63, 3.8) is 0 Å². The fourth-order valence-electron chi connectivity index (χ4n) is 0.496. The molecule has 2 N–H and O–H groups in total. The maximum absolute atomic E-state index is 5.37. The Hall–Kier alpha value is -0.625. The maximum atomic E-state index is 5.37. The first-order valence-corrected chi connectivity index (χ1v) is 2.40. The third kappa shape index (κ3) is 2.42. The molecule has 0 saturated heterocycles. The molecule has 9 heavy (non-hydrogen) atoms. The van der Waals surface area contributed by atoms with Gasteiger partial charge in [-0.05, 0) is 12.1 Å². The largest absolute Gasteiger partial charge is 0.399 e. The summed E-state index contributed by atoms with van der Waals surface area (Å²) in [5, 5.41) is 0. The first-order valence-electron chi connectivity index (χ1n) is 2.40. The van der Waals surface area contributed by atoms with E-state index in [-0.39, 0.29) is 12.4 Å². The molecule has 46 valence electrons. The summed E-state index contributed by atoms with van der Waals surface area (Å²) in [6, 6.07) is 7.09. The van der Waals surface area contributed by atoms with E-state index < -0.39 is 0 Å². The Morgan fingerprint density at radius 3 is 1.89 bits per heavy atom. The molecule has 0 saturated carbocycles. The molecule has 1 aromatic rings. The molecule has 0 fully saturated rings. The van der Waals surface area contributed by atoms with E-state index >= 15 is 0 Å². The number of hydrogen-bond donors (Lipinski definition) is 1. The minimum Gasteiger partial charge on any atom is -0.399 e. The second kappa shape index (κ2) is 3.41. The molecule has 1 aromatic carbocycles. The molecule has 0 aliphatic carbocycles. The summed E-state index contributed by atoms with van der Waals surface area (Å²) in [5.74, 6) is 0. The lowest BCUT2D eigenvalue weighted by Crippen LogP contribution is -1.99. The van der Waals surface area contributed by atoms with Crippen LogP contribution in [0.25, 0.3) is 0 Å². The van der Waals surface area contributed by atoms with Crippen LogP contribution in [-0.4, -0.2) is 7.85 Å². The number of nitrogens with two attached hydrogens (primary N) is 1. The maximum Gasteiger partial charge on any atom is 0.113 e. The molecule has 0 unspecified atom stereocenters. The zero-order chi connectivity index (χ0) is 5.98. The van der Waals surface area contributed by atoms with Crippen LogP contribution in [0.1, 0.15) is 0 Å². The first kappa shape index (κ1) is 8.37. The summed E-state index contributed by atoms with van der Waals surface area (Å²) in [6.07, 6.45) is 0. The van der Waals surface area contributed by atoms with E-state index in [1.807, 2.05) is 0 Å². The lowest BCUT2D eigenvalue weighted by Gasteiger charge is -1.90. The van der Waals surface area contributed by atoms with Crippen molar-refractivity contribution in [1.82, 2.24) is 0 Å². The topological polar surface area (TPSA) is 26.0 Å². The van der Waals surface area contributed by atoms with Gasteiger partial charge in [-0.2, -0.15) is 0 Å². The Bertz CT molecular complexity index is 152. The summed E-state index contributed by atoms with van der Waals surface area (Å²) in [6.45, 7) is 0.